The van der Waals surface area contributed by atoms with Crippen molar-refractivity contribution in [2.45, 2.75) is 6.42 Å². The summed E-state index contributed by atoms with van der Waals surface area (Å²) in [5.41, 5.74) is 2.10. The molecule has 0 aliphatic carbocycles. The van der Waals surface area contributed by atoms with Crippen molar-refractivity contribution < 1.29 is 19.1 Å². The highest BCUT2D eigenvalue weighted by Gasteiger charge is 2.11. The molecule has 1 amide bonds. The van der Waals surface area contributed by atoms with E-state index in [0.717, 1.165) is 16.7 Å². The van der Waals surface area contributed by atoms with Crippen LogP contribution >= 0.6 is 11.6 Å². The molecule has 0 bridgehead atoms. The number of methoxy groups -OCH3 is 1. The Hall–Kier alpha value is -3.12. The van der Waals surface area contributed by atoms with Gasteiger partial charge in [0.2, 0.25) is 0 Å². The van der Waals surface area contributed by atoms with Gasteiger partial charge in [0.05, 0.1) is 18.2 Å². The Balaban J connectivity index is 1.45. The molecule has 0 saturated heterocycles. The average Bonchev–Trinajstić information content (AvgIpc) is 2.72. The van der Waals surface area contributed by atoms with Gasteiger partial charge in [0.25, 0.3) is 5.91 Å². The molecule has 0 aliphatic heterocycles. The van der Waals surface area contributed by atoms with E-state index in [1.165, 1.54) is 0 Å². The van der Waals surface area contributed by atoms with E-state index in [0.29, 0.717) is 29.2 Å². The van der Waals surface area contributed by atoms with Gasteiger partial charge in [0.15, 0.2) is 6.61 Å². The Kier molecular flexibility index (Phi) is 6.45. The number of esters is 1. The quantitative estimate of drug-likeness (QED) is 0.487. The van der Waals surface area contributed by atoms with Crippen LogP contribution in [0.3, 0.4) is 0 Å². The minimum atomic E-state index is -0.567. The number of halogens is 1. The van der Waals surface area contributed by atoms with Gasteiger partial charge in [-0.2, -0.15) is 0 Å². The minimum Gasteiger partial charge on any atom is -0.497 e. The number of benzene rings is 2. The predicted molar refractivity (Wildman–Crippen MR) is 107 cm³/mol. The minimum absolute atomic E-state index is 0.335. The number of carbonyl (C=O) groups is 2. The maximum atomic E-state index is 12.2. The third-order valence-corrected chi connectivity index (χ3v) is 4.33. The first-order chi connectivity index (χ1) is 13.5. The Labute approximate surface area is 167 Å². The standard InChI is InChI=1S/C21H19ClN2O4/c1-27-17-6-2-14(3-7-17)10-11-23-20(25)13-28-21(26)16-4-8-18-15(12-16)5-9-19(22)24-18/h2-9,12H,10-11,13H2,1H3,(H,23,25). The third-order valence-electron chi connectivity index (χ3n) is 4.12. The van der Waals surface area contributed by atoms with E-state index in [1.807, 2.05) is 24.3 Å². The van der Waals surface area contributed by atoms with E-state index in [-0.39, 0.29) is 12.5 Å². The summed E-state index contributed by atoms with van der Waals surface area (Å²) in [5, 5.41) is 3.88. The maximum Gasteiger partial charge on any atom is 0.338 e. The van der Waals surface area contributed by atoms with Crippen LogP contribution in [0.1, 0.15) is 15.9 Å². The first-order valence-electron chi connectivity index (χ1n) is 8.68. The molecule has 0 atom stereocenters. The molecule has 2 aromatic carbocycles. The number of fused-ring (bicyclic) bond motifs is 1. The van der Waals surface area contributed by atoms with E-state index < -0.39 is 5.97 Å². The molecule has 7 heteroatoms. The van der Waals surface area contributed by atoms with Crippen LogP contribution < -0.4 is 10.1 Å². The fourth-order valence-corrected chi connectivity index (χ4v) is 2.79. The van der Waals surface area contributed by atoms with Crippen LogP contribution in [0.4, 0.5) is 0 Å². The van der Waals surface area contributed by atoms with Crippen LogP contribution in [0.2, 0.25) is 5.15 Å². The summed E-state index contributed by atoms with van der Waals surface area (Å²) < 4.78 is 10.2. The molecule has 3 rings (SSSR count). The van der Waals surface area contributed by atoms with Crippen molar-refractivity contribution in [3.8, 4) is 5.75 Å². The van der Waals surface area contributed by atoms with Gasteiger partial charge in [0.1, 0.15) is 10.9 Å². The van der Waals surface area contributed by atoms with Crippen LogP contribution in [0, 0.1) is 0 Å². The summed E-state index contributed by atoms with van der Waals surface area (Å²) in [6.45, 7) is 0.115. The van der Waals surface area contributed by atoms with Crippen molar-refractivity contribution in [3.05, 3.63) is 70.9 Å². The van der Waals surface area contributed by atoms with Crippen LogP contribution in [-0.4, -0.2) is 37.1 Å². The molecule has 1 N–H and O–H groups in total. The zero-order valence-corrected chi connectivity index (χ0v) is 16.0. The molecule has 0 radical (unpaired) electrons. The van der Waals surface area contributed by atoms with Gasteiger partial charge in [-0.05, 0) is 54.4 Å². The summed E-state index contributed by atoms with van der Waals surface area (Å²) in [7, 11) is 1.61. The van der Waals surface area contributed by atoms with Gasteiger partial charge >= 0.3 is 5.97 Å². The molecule has 28 heavy (non-hydrogen) atoms. The van der Waals surface area contributed by atoms with E-state index >= 15 is 0 Å². The number of ether oxygens (including phenoxy) is 2. The second kappa shape index (κ2) is 9.19. The Bertz CT molecular complexity index is 989. The number of rotatable bonds is 7. The van der Waals surface area contributed by atoms with Gasteiger partial charge in [0, 0.05) is 11.9 Å². The lowest BCUT2D eigenvalue weighted by Crippen LogP contribution is -2.30. The maximum absolute atomic E-state index is 12.2. The summed E-state index contributed by atoms with van der Waals surface area (Å²) >= 11 is 5.85. The normalized spacial score (nSPS) is 10.5. The largest absolute Gasteiger partial charge is 0.497 e. The van der Waals surface area contributed by atoms with Gasteiger partial charge in [-0.25, -0.2) is 9.78 Å². The Morgan fingerprint density at radius 3 is 2.61 bits per heavy atom. The number of hydrogen-bond donors (Lipinski definition) is 1. The Morgan fingerprint density at radius 1 is 1.07 bits per heavy atom. The highest BCUT2D eigenvalue weighted by Crippen LogP contribution is 2.17. The second-order valence-corrected chi connectivity index (χ2v) is 6.45. The van der Waals surface area contributed by atoms with Crippen LogP contribution in [0.25, 0.3) is 10.9 Å². The van der Waals surface area contributed by atoms with E-state index in [4.69, 9.17) is 21.1 Å². The average molecular weight is 399 g/mol. The molecule has 0 unspecified atom stereocenters. The monoisotopic (exact) mass is 398 g/mol. The smallest absolute Gasteiger partial charge is 0.338 e. The van der Waals surface area contributed by atoms with Crippen molar-refractivity contribution >= 4 is 34.4 Å². The first kappa shape index (κ1) is 19.6. The fraction of sp³-hybridized carbons (Fsp3) is 0.190. The van der Waals surface area contributed by atoms with Crippen molar-refractivity contribution in [2.24, 2.45) is 0 Å². The van der Waals surface area contributed by atoms with E-state index in [9.17, 15) is 9.59 Å². The number of aromatic nitrogens is 1. The highest BCUT2D eigenvalue weighted by molar-refractivity contribution is 6.29. The molecular weight excluding hydrogens is 380 g/mol. The zero-order chi connectivity index (χ0) is 19.9. The summed E-state index contributed by atoms with van der Waals surface area (Å²) in [4.78, 5) is 28.2. The highest BCUT2D eigenvalue weighted by atomic mass is 35.5. The summed E-state index contributed by atoms with van der Waals surface area (Å²) in [6.07, 6.45) is 0.671. The van der Waals surface area contributed by atoms with E-state index in [2.05, 4.69) is 10.3 Å². The lowest BCUT2D eigenvalue weighted by atomic mass is 10.1. The summed E-state index contributed by atoms with van der Waals surface area (Å²) in [5.74, 6) is -0.134. The van der Waals surface area contributed by atoms with Gasteiger partial charge in [-0.15, -0.1) is 0 Å². The molecule has 0 saturated carbocycles. The number of carbonyl (C=O) groups excluding carboxylic acids is 2. The van der Waals surface area contributed by atoms with Gasteiger partial charge in [-0.3, -0.25) is 4.79 Å². The van der Waals surface area contributed by atoms with Crippen molar-refractivity contribution in [2.75, 3.05) is 20.3 Å². The second-order valence-electron chi connectivity index (χ2n) is 6.07. The van der Waals surface area contributed by atoms with Crippen molar-refractivity contribution in [3.63, 3.8) is 0 Å². The lowest BCUT2D eigenvalue weighted by Gasteiger charge is -2.08. The Morgan fingerprint density at radius 2 is 1.86 bits per heavy atom. The van der Waals surface area contributed by atoms with Crippen molar-refractivity contribution in [1.29, 1.82) is 0 Å². The molecule has 0 spiro atoms. The molecule has 1 aromatic heterocycles. The summed E-state index contributed by atoms with van der Waals surface area (Å²) in [6, 6.07) is 16.0. The predicted octanol–water partition coefficient (Wildman–Crippen LogP) is 3.41. The van der Waals surface area contributed by atoms with Crippen molar-refractivity contribution in [1.82, 2.24) is 10.3 Å². The number of amides is 1. The molecular formula is C21H19ClN2O4. The van der Waals surface area contributed by atoms with E-state index in [1.54, 1.807) is 37.4 Å². The molecule has 1 heterocycles. The third kappa shape index (κ3) is 5.20. The zero-order valence-electron chi connectivity index (χ0n) is 15.3. The molecule has 0 fully saturated rings. The fourth-order valence-electron chi connectivity index (χ4n) is 2.63. The number of hydrogen-bond acceptors (Lipinski definition) is 5. The van der Waals surface area contributed by atoms with Crippen LogP contribution in [0.15, 0.2) is 54.6 Å². The molecule has 3 aromatic rings. The van der Waals surface area contributed by atoms with Gasteiger partial charge in [-0.1, -0.05) is 23.7 Å². The van der Waals surface area contributed by atoms with Gasteiger partial charge < -0.3 is 14.8 Å². The SMILES string of the molecule is COc1ccc(CCNC(=O)COC(=O)c2ccc3nc(Cl)ccc3c2)cc1. The van der Waals surface area contributed by atoms with Crippen LogP contribution in [0.5, 0.6) is 5.75 Å². The van der Waals surface area contributed by atoms with Crippen LogP contribution in [-0.2, 0) is 16.0 Å². The first-order valence-corrected chi connectivity index (χ1v) is 9.06. The number of pyridine rings is 1. The molecule has 0 aliphatic rings. The lowest BCUT2D eigenvalue weighted by molar-refractivity contribution is -0.124. The molecule has 6 nitrogen and oxygen atoms in total. The number of nitrogens with zero attached hydrogens (tertiary/aromatic N) is 1. The molecule has 144 valence electrons. The number of nitrogens with one attached hydrogen (secondary N) is 1. The topological polar surface area (TPSA) is 77.5 Å².